The zero-order valence-corrected chi connectivity index (χ0v) is 38.7. The maximum Gasteiger partial charge on any atom is 0.255 e. The minimum atomic E-state index is -1.41. The Morgan fingerprint density at radius 1 is 0.925 bits per heavy atom. The highest BCUT2D eigenvalue weighted by atomic mass is 16.5. The zero-order valence-electron chi connectivity index (χ0n) is 38.7. The molecule has 2 aliphatic heterocycles. The number of fused-ring (bicyclic) bond motifs is 6. The van der Waals surface area contributed by atoms with Crippen molar-refractivity contribution in [1.29, 1.82) is 5.26 Å². The number of carbonyl (C=O) groups is 5. The van der Waals surface area contributed by atoms with Crippen LogP contribution in [0.4, 0.5) is 0 Å². The van der Waals surface area contributed by atoms with Gasteiger partial charge in [0, 0.05) is 49.7 Å². The molecule has 1 aromatic heterocycles. The monoisotopic (exact) mass is 917 g/mol. The summed E-state index contributed by atoms with van der Waals surface area (Å²) >= 11 is 0. The molecule has 3 aromatic carbocycles. The number of amides is 5. The summed E-state index contributed by atoms with van der Waals surface area (Å²) in [6, 6.07) is 12.7. The maximum atomic E-state index is 14.8. The summed E-state index contributed by atoms with van der Waals surface area (Å²) in [5.74, 6) is -1.37. The first-order valence-corrected chi connectivity index (χ1v) is 22.1. The van der Waals surface area contributed by atoms with Crippen molar-refractivity contribution < 1.29 is 38.2 Å². The molecule has 6 rings (SSSR count). The summed E-state index contributed by atoms with van der Waals surface area (Å²) in [7, 11) is 1.41. The topological polar surface area (TPSA) is 292 Å². The van der Waals surface area contributed by atoms with E-state index in [1.165, 1.54) is 18.9 Å². The van der Waals surface area contributed by atoms with E-state index < -0.39 is 53.7 Å². The van der Waals surface area contributed by atoms with Crippen molar-refractivity contribution in [2.75, 3.05) is 46.4 Å². The Morgan fingerprint density at radius 2 is 1.58 bits per heavy atom. The lowest BCUT2D eigenvalue weighted by atomic mass is 9.93. The van der Waals surface area contributed by atoms with Gasteiger partial charge in [-0.05, 0) is 107 Å². The fourth-order valence-corrected chi connectivity index (χ4v) is 8.28. The molecule has 4 aromatic rings. The number of hydrogen-bond donors (Lipinski definition) is 7. The van der Waals surface area contributed by atoms with Crippen molar-refractivity contribution >= 4 is 29.5 Å². The number of nitrogens with zero attached hydrogens (tertiary/aromatic N) is 4. The number of aromatic nitrogens is 2. The van der Waals surface area contributed by atoms with E-state index in [1.807, 2.05) is 38.1 Å². The van der Waals surface area contributed by atoms with Gasteiger partial charge in [-0.3, -0.25) is 24.0 Å². The Balaban J connectivity index is 1.38. The van der Waals surface area contributed by atoms with Crippen molar-refractivity contribution in [1.82, 2.24) is 36.1 Å². The van der Waals surface area contributed by atoms with E-state index in [2.05, 4.69) is 21.3 Å². The highest BCUT2D eigenvalue weighted by molar-refractivity contribution is 6.00. The molecule has 3 heterocycles. The van der Waals surface area contributed by atoms with Gasteiger partial charge in [0.05, 0.1) is 23.0 Å². The van der Waals surface area contributed by atoms with Gasteiger partial charge in [-0.2, -0.15) is 5.26 Å². The number of carbonyl (C=O) groups excluding carboxylic acids is 5. The number of nitrogens with two attached hydrogens (primary N) is 3. The third-order valence-corrected chi connectivity index (χ3v) is 11.4. The van der Waals surface area contributed by atoms with Gasteiger partial charge in [0.15, 0.2) is 5.82 Å². The second-order valence-electron chi connectivity index (χ2n) is 17.1. The quantitative estimate of drug-likeness (QED) is 0.0836. The number of hydrogen-bond acceptors (Lipinski definition) is 14. The van der Waals surface area contributed by atoms with Gasteiger partial charge in [-0.25, -0.2) is 9.97 Å². The largest absolute Gasteiger partial charge is 0.492 e. The number of aryl methyl sites for hydroxylation is 2. The molecule has 0 unspecified atom stereocenters. The Morgan fingerprint density at radius 3 is 2.22 bits per heavy atom. The van der Waals surface area contributed by atoms with Crippen LogP contribution in [-0.4, -0.2) is 115 Å². The summed E-state index contributed by atoms with van der Waals surface area (Å²) in [4.78, 5) is 81.2. The fourth-order valence-electron chi connectivity index (χ4n) is 8.28. The van der Waals surface area contributed by atoms with Crippen LogP contribution in [0.3, 0.4) is 0 Å². The lowest BCUT2D eigenvalue weighted by molar-refractivity contribution is -0.141. The predicted octanol–water partition coefficient (Wildman–Crippen LogP) is 1.65. The van der Waals surface area contributed by atoms with E-state index in [0.717, 1.165) is 23.3 Å². The summed E-state index contributed by atoms with van der Waals surface area (Å²) in [6.45, 7) is 9.21. The molecule has 4 bridgehead atoms. The molecule has 19 heteroatoms. The van der Waals surface area contributed by atoms with E-state index in [-0.39, 0.29) is 63.4 Å². The molecule has 0 spiro atoms. The van der Waals surface area contributed by atoms with Crippen LogP contribution < -0.4 is 52.7 Å². The minimum absolute atomic E-state index is 0.000961. The normalized spacial score (nSPS) is 17.8. The van der Waals surface area contributed by atoms with Crippen LogP contribution in [0.2, 0.25) is 0 Å². The van der Waals surface area contributed by atoms with Crippen LogP contribution in [-0.2, 0) is 32.0 Å². The molecule has 0 radical (unpaired) electrons. The molecule has 0 fully saturated rings. The summed E-state index contributed by atoms with van der Waals surface area (Å²) in [5, 5.41) is 19.9. The predicted molar refractivity (Wildman–Crippen MR) is 249 cm³/mol. The van der Waals surface area contributed by atoms with Crippen LogP contribution in [0.25, 0.3) is 22.5 Å². The molecular formula is C48H59N11O8. The Bertz CT molecular complexity index is 2550. The lowest BCUT2D eigenvalue weighted by Crippen LogP contribution is -2.56. The first-order valence-electron chi connectivity index (χ1n) is 22.1. The van der Waals surface area contributed by atoms with Gasteiger partial charge in [-0.1, -0.05) is 12.1 Å². The van der Waals surface area contributed by atoms with Crippen LogP contribution in [0.15, 0.2) is 54.6 Å². The first-order chi connectivity index (χ1) is 32.0. The number of rotatable bonds is 15. The molecule has 5 amide bonds. The van der Waals surface area contributed by atoms with Gasteiger partial charge in [0.2, 0.25) is 23.6 Å². The SMILES string of the molecule is Cc1nc(-c2ccc3c(c2)CC(C)(C)O3)nc(C)c1C(=O)N[C@@H](CCN)C(=O)N(C)[C@@H]1C(=O)N[C@@H](C)C(=O)N[C@H](C(=O)NCC#N)Cc2ccc(OCCN)c(c2)-c2cc1ccc2OCCN. The van der Waals surface area contributed by atoms with Crippen molar-refractivity contribution in [3.63, 3.8) is 0 Å². The zero-order chi connectivity index (χ0) is 48.6. The van der Waals surface area contributed by atoms with Crippen molar-refractivity contribution in [3.8, 4) is 45.8 Å². The Labute approximate surface area is 389 Å². The van der Waals surface area contributed by atoms with E-state index in [9.17, 15) is 29.2 Å². The molecular weight excluding hydrogens is 859 g/mol. The average molecular weight is 918 g/mol. The number of nitrogens with one attached hydrogen (secondary N) is 4. The molecule has 0 saturated carbocycles. The molecule has 0 saturated heterocycles. The second kappa shape index (κ2) is 21.4. The van der Waals surface area contributed by atoms with Crippen LogP contribution in [0.1, 0.15) is 71.7 Å². The lowest BCUT2D eigenvalue weighted by Gasteiger charge is -2.32. The van der Waals surface area contributed by atoms with E-state index >= 15 is 0 Å². The van der Waals surface area contributed by atoms with Crippen molar-refractivity contribution in [3.05, 3.63) is 88.2 Å². The smallest absolute Gasteiger partial charge is 0.255 e. The average Bonchev–Trinajstić information content (AvgIpc) is 3.61. The van der Waals surface area contributed by atoms with E-state index in [4.69, 9.17) is 41.4 Å². The molecule has 67 heavy (non-hydrogen) atoms. The summed E-state index contributed by atoms with van der Waals surface area (Å²) in [5.41, 5.74) is 22.0. The number of likely N-dealkylation sites (N-methyl/N-ethyl adjacent to an activating group) is 1. The number of benzene rings is 3. The van der Waals surface area contributed by atoms with Crippen LogP contribution >= 0.6 is 0 Å². The maximum absolute atomic E-state index is 14.8. The molecule has 2 aliphatic rings. The van der Waals surface area contributed by atoms with Gasteiger partial charge in [0.1, 0.15) is 66.8 Å². The molecule has 19 nitrogen and oxygen atoms in total. The van der Waals surface area contributed by atoms with Crippen LogP contribution in [0.5, 0.6) is 17.2 Å². The van der Waals surface area contributed by atoms with E-state index in [0.29, 0.717) is 51.0 Å². The highest BCUT2D eigenvalue weighted by Crippen LogP contribution is 2.41. The molecule has 4 atom stereocenters. The number of ether oxygens (including phenoxy) is 3. The molecule has 10 N–H and O–H groups in total. The van der Waals surface area contributed by atoms with Gasteiger partial charge in [-0.15, -0.1) is 0 Å². The highest BCUT2D eigenvalue weighted by Gasteiger charge is 2.37. The summed E-state index contributed by atoms with van der Waals surface area (Å²) in [6.07, 6.45) is 0.712. The van der Waals surface area contributed by atoms with Gasteiger partial charge < -0.3 is 57.6 Å². The van der Waals surface area contributed by atoms with Crippen molar-refractivity contribution in [2.24, 2.45) is 17.2 Å². The minimum Gasteiger partial charge on any atom is -0.492 e. The first kappa shape index (κ1) is 49.3. The second-order valence-corrected chi connectivity index (χ2v) is 17.1. The Hall–Kier alpha value is -7.14. The standard InChI is InChI=1S/C48H59N11O8/c1-26-40(27(2)55-42(54-26)31-9-11-37-32(23-31)25-48(4,5)67-37)45(62)57-35(13-14-49)47(64)59(6)41-30-8-12-39(66-20-17-52)34(24-30)33-21-29(7-10-38(33)65-19-16-51)22-36(44(61)53-18-15-50)58-43(60)28(3)56-46(41)63/h7-12,21,23-24,28,35-36,41H,13-14,16-20,22,25,49,51-52H2,1-6H3,(H,53,61)(H,56,63)(H,57,62)(H,58,60)/t28-,35-,36-,41-/m0/s1. The summed E-state index contributed by atoms with van der Waals surface area (Å²) < 4.78 is 18.2. The third kappa shape index (κ3) is 11.5. The van der Waals surface area contributed by atoms with E-state index in [1.54, 1.807) is 50.2 Å². The molecule has 0 aliphatic carbocycles. The fraction of sp³-hybridized carbons (Fsp3) is 0.417. The van der Waals surface area contributed by atoms with Gasteiger partial charge in [0.25, 0.3) is 5.91 Å². The third-order valence-electron chi connectivity index (χ3n) is 11.4. The number of nitriles is 1. The van der Waals surface area contributed by atoms with Crippen molar-refractivity contribution in [2.45, 2.75) is 83.6 Å². The van der Waals surface area contributed by atoms with Gasteiger partial charge >= 0.3 is 0 Å². The van der Waals surface area contributed by atoms with Crippen LogP contribution in [0, 0.1) is 25.2 Å². The molecule has 354 valence electrons. The Kier molecular flexibility index (Phi) is 15.8.